The summed E-state index contributed by atoms with van der Waals surface area (Å²) in [5.74, 6) is 0.599. The van der Waals surface area contributed by atoms with Gasteiger partial charge in [-0.2, -0.15) is 0 Å². The van der Waals surface area contributed by atoms with E-state index in [4.69, 9.17) is 9.52 Å². The Bertz CT molecular complexity index is 754. The summed E-state index contributed by atoms with van der Waals surface area (Å²) in [6, 6.07) is 13.6. The van der Waals surface area contributed by atoms with Crippen LogP contribution in [0.5, 0.6) is 0 Å². The third-order valence-electron chi connectivity index (χ3n) is 3.15. The molecule has 1 N–H and O–H groups in total. The highest BCUT2D eigenvalue weighted by Gasteiger charge is 2.08. The number of aromatic nitrogens is 1. The molecule has 1 heterocycles. The zero-order chi connectivity index (χ0) is 13.9. The van der Waals surface area contributed by atoms with Crippen LogP contribution >= 0.6 is 0 Å². The molecular weight excluding hydrogens is 250 g/mol. The number of hydrogen-bond donors (Lipinski definition) is 1. The molecule has 0 aliphatic rings. The van der Waals surface area contributed by atoms with E-state index in [9.17, 15) is 0 Å². The normalized spacial score (nSPS) is 11.5. The van der Waals surface area contributed by atoms with Gasteiger partial charge in [-0.05, 0) is 42.3 Å². The zero-order valence-corrected chi connectivity index (χ0v) is 11.2. The van der Waals surface area contributed by atoms with Crippen LogP contribution < -0.4 is 0 Å². The van der Waals surface area contributed by atoms with E-state index in [1.165, 1.54) is 0 Å². The van der Waals surface area contributed by atoms with Crippen LogP contribution in [0.15, 0.2) is 53.0 Å². The molecule has 1 aromatic heterocycles. The predicted molar refractivity (Wildman–Crippen MR) is 80.1 cm³/mol. The quantitative estimate of drug-likeness (QED) is 0.778. The molecule has 0 bridgehead atoms. The van der Waals surface area contributed by atoms with Crippen molar-refractivity contribution in [2.45, 2.75) is 13.5 Å². The van der Waals surface area contributed by atoms with Crippen molar-refractivity contribution in [1.29, 1.82) is 0 Å². The minimum atomic E-state index is 0.00399. The molecule has 0 spiro atoms. The highest BCUT2D eigenvalue weighted by molar-refractivity contribution is 5.77. The first-order valence-corrected chi connectivity index (χ1v) is 6.53. The van der Waals surface area contributed by atoms with Crippen LogP contribution in [0, 0.1) is 0 Å². The Hall–Kier alpha value is -2.39. The van der Waals surface area contributed by atoms with Crippen molar-refractivity contribution in [3.05, 3.63) is 59.7 Å². The predicted octanol–water partition coefficient (Wildman–Crippen LogP) is 4.02. The summed E-state index contributed by atoms with van der Waals surface area (Å²) in [5, 5.41) is 9.13. The molecule has 0 atom stereocenters. The molecule has 2 aromatic carbocycles. The maximum Gasteiger partial charge on any atom is 0.227 e. The van der Waals surface area contributed by atoms with E-state index in [0.29, 0.717) is 11.5 Å². The summed E-state index contributed by atoms with van der Waals surface area (Å²) in [7, 11) is 0. The lowest BCUT2D eigenvalue weighted by molar-refractivity contribution is 0.282. The number of benzene rings is 2. The van der Waals surface area contributed by atoms with E-state index < -0.39 is 0 Å². The number of nitrogens with zero attached hydrogens (tertiary/aromatic N) is 1. The fourth-order valence-electron chi connectivity index (χ4n) is 2.12. The van der Waals surface area contributed by atoms with Crippen molar-refractivity contribution in [3.63, 3.8) is 0 Å². The molecule has 20 heavy (non-hydrogen) atoms. The monoisotopic (exact) mass is 265 g/mol. The molecule has 3 heteroatoms. The molecule has 3 nitrogen and oxygen atoms in total. The number of allylic oxidation sites excluding steroid dienone is 1. The molecule has 0 saturated heterocycles. The van der Waals surface area contributed by atoms with Gasteiger partial charge < -0.3 is 9.52 Å². The summed E-state index contributed by atoms with van der Waals surface area (Å²) < 4.78 is 5.76. The minimum Gasteiger partial charge on any atom is -0.436 e. The first-order chi connectivity index (χ1) is 9.80. The van der Waals surface area contributed by atoms with Gasteiger partial charge in [-0.1, -0.05) is 30.4 Å². The number of oxazole rings is 1. The van der Waals surface area contributed by atoms with Crippen LogP contribution in [-0.4, -0.2) is 10.1 Å². The summed E-state index contributed by atoms with van der Waals surface area (Å²) in [6.07, 6.45) is 4.05. The van der Waals surface area contributed by atoms with Gasteiger partial charge in [0.15, 0.2) is 5.58 Å². The largest absolute Gasteiger partial charge is 0.436 e. The Kier molecular flexibility index (Phi) is 3.35. The van der Waals surface area contributed by atoms with Crippen LogP contribution in [0.25, 0.3) is 28.6 Å². The van der Waals surface area contributed by atoms with Crippen LogP contribution in [0.4, 0.5) is 0 Å². The second kappa shape index (κ2) is 5.31. The van der Waals surface area contributed by atoms with Crippen molar-refractivity contribution in [2.24, 2.45) is 0 Å². The number of rotatable bonds is 3. The Balaban J connectivity index is 2.00. The van der Waals surface area contributed by atoms with Crippen molar-refractivity contribution in [1.82, 2.24) is 4.98 Å². The standard InChI is InChI=1S/C17H15NO2/c1-2-3-12-4-7-14(8-5-12)17-18-15-9-6-13(11-19)10-16(15)20-17/h2-10,19H,11H2,1H3/b3-2+. The van der Waals surface area contributed by atoms with Gasteiger partial charge in [0.1, 0.15) is 5.52 Å². The smallest absolute Gasteiger partial charge is 0.227 e. The lowest BCUT2D eigenvalue weighted by Crippen LogP contribution is -1.80. The molecule has 0 amide bonds. The topological polar surface area (TPSA) is 46.3 Å². The molecule has 3 rings (SSSR count). The molecule has 0 fully saturated rings. The van der Waals surface area contributed by atoms with Crippen molar-refractivity contribution in [2.75, 3.05) is 0 Å². The van der Waals surface area contributed by atoms with Gasteiger partial charge in [-0.15, -0.1) is 0 Å². The average Bonchev–Trinajstić information content (AvgIpc) is 2.91. The maximum absolute atomic E-state index is 9.13. The number of fused-ring (bicyclic) bond motifs is 1. The summed E-state index contributed by atoms with van der Waals surface area (Å²) in [6.45, 7) is 2.00. The van der Waals surface area contributed by atoms with E-state index >= 15 is 0 Å². The molecular formula is C17H15NO2. The van der Waals surface area contributed by atoms with Gasteiger partial charge >= 0.3 is 0 Å². The molecule has 0 radical (unpaired) electrons. The van der Waals surface area contributed by atoms with Crippen LogP contribution in [-0.2, 0) is 6.61 Å². The Morgan fingerprint density at radius 3 is 2.65 bits per heavy atom. The number of aliphatic hydroxyl groups excluding tert-OH is 1. The lowest BCUT2D eigenvalue weighted by Gasteiger charge is -1.96. The highest BCUT2D eigenvalue weighted by Crippen LogP contribution is 2.25. The van der Waals surface area contributed by atoms with Gasteiger partial charge in [-0.3, -0.25) is 0 Å². The van der Waals surface area contributed by atoms with E-state index in [2.05, 4.69) is 4.98 Å². The van der Waals surface area contributed by atoms with E-state index in [0.717, 1.165) is 22.2 Å². The fourth-order valence-corrected chi connectivity index (χ4v) is 2.12. The van der Waals surface area contributed by atoms with Crippen LogP contribution in [0.2, 0.25) is 0 Å². The first-order valence-electron chi connectivity index (χ1n) is 6.53. The molecule has 0 saturated carbocycles. The summed E-state index contributed by atoms with van der Waals surface area (Å²) in [4.78, 5) is 4.47. The van der Waals surface area contributed by atoms with E-state index in [1.54, 1.807) is 0 Å². The third-order valence-corrected chi connectivity index (χ3v) is 3.15. The Morgan fingerprint density at radius 2 is 1.95 bits per heavy atom. The first kappa shape index (κ1) is 12.6. The van der Waals surface area contributed by atoms with Crippen molar-refractivity contribution >= 4 is 17.2 Å². The van der Waals surface area contributed by atoms with E-state index in [1.807, 2.05) is 61.5 Å². The molecule has 100 valence electrons. The molecule has 0 aliphatic heterocycles. The van der Waals surface area contributed by atoms with Gasteiger partial charge in [0.2, 0.25) is 5.89 Å². The third kappa shape index (κ3) is 2.36. The lowest BCUT2D eigenvalue weighted by atomic mass is 10.1. The van der Waals surface area contributed by atoms with Gasteiger partial charge in [0, 0.05) is 5.56 Å². The van der Waals surface area contributed by atoms with Gasteiger partial charge in [0.05, 0.1) is 6.61 Å². The second-order valence-electron chi connectivity index (χ2n) is 4.60. The van der Waals surface area contributed by atoms with Crippen molar-refractivity contribution in [3.8, 4) is 11.5 Å². The van der Waals surface area contributed by atoms with E-state index in [-0.39, 0.29) is 6.61 Å². The summed E-state index contributed by atoms with van der Waals surface area (Å²) in [5.41, 5.74) is 4.41. The van der Waals surface area contributed by atoms with Crippen molar-refractivity contribution < 1.29 is 9.52 Å². The Morgan fingerprint density at radius 1 is 1.15 bits per heavy atom. The minimum absolute atomic E-state index is 0.00399. The molecule has 0 unspecified atom stereocenters. The number of aliphatic hydroxyl groups is 1. The molecule has 0 aliphatic carbocycles. The number of hydrogen-bond acceptors (Lipinski definition) is 3. The Labute approximate surface area is 117 Å². The fraction of sp³-hybridized carbons (Fsp3) is 0.118. The average molecular weight is 265 g/mol. The van der Waals surface area contributed by atoms with Gasteiger partial charge in [0.25, 0.3) is 0 Å². The maximum atomic E-state index is 9.13. The second-order valence-corrected chi connectivity index (χ2v) is 4.60. The molecule has 3 aromatic rings. The zero-order valence-electron chi connectivity index (χ0n) is 11.2. The highest BCUT2D eigenvalue weighted by atomic mass is 16.3. The summed E-state index contributed by atoms with van der Waals surface area (Å²) >= 11 is 0. The van der Waals surface area contributed by atoms with Crippen LogP contribution in [0.1, 0.15) is 18.1 Å². The van der Waals surface area contributed by atoms with Gasteiger partial charge in [-0.25, -0.2) is 4.98 Å². The van der Waals surface area contributed by atoms with Crippen LogP contribution in [0.3, 0.4) is 0 Å². The SMILES string of the molecule is C/C=C/c1ccc(-c2nc3ccc(CO)cc3o2)cc1.